The van der Waals surface area contributed by atoms with Gasteiger partial charge < -0.3 is 4.74 Å². The van der Waals surface area contributed by atoms with Crippen molar-refractivity contribution in [3.8, 4) is 5.75 Å². The van der Waals surface area contributed by atoms with Crippen LogP contribution in [-0.4, -0.2) is 40.7 Å². The zero-order chi connectivity index (χ0) is 21.1. The van der Waals surface area contributed by atoms with Crippen molar-refractivity contribution in [2.75, 3.05) is 20.2 Å². The Morgan fingerprint density at radius 3 is 2.80 bits per heavy atom. The van der Waals surface area contributed by atoms with Gasteiger partial charge >= 0.3 is 0 Å². The molecule has 0 unspecified atom stereocenters. The highest BCUT2D eigenvalue weighted by atomic mass is 16.5. The topological polar surface area (TPSA) is 47.4 Å². The van der Waals surface area contributed by atoms with Gasteiger partial charge in [-0.25, -0.2) is 0 Å². The van der Waals surface area contributed by atoms with Gasteiger partial charge in [0, 0.05) is 42.4 Å². The zero-order valence-corrected chi connectivity index (χ0v) is 18.2. The van der Waals surface area contributed by atoms with Gasteiger partial charge in [0.25, 0.3) is 0 Å². The molecule has 0 saturated carbocycles. The number of methoxy groups -OCH3 is 1. The molecule has 0 bridgehead atoms. The average molecular weight is 406 g/mol. The molecule has 2 aromatic carbocycles. The van der Waals surface area contributed by atoms with Gasteiger partial charge in [-0.1, -0.05) is 25.1 Å². The Morgan fingerprint density at radius 2 is 2.00 bits per heavy atom. The number of Topliss-reactive ketones (excluding diaryl/α,β-unsaturated/α-hetero) is 1. The van der Waals surface area contributed by atoms with E-state index in [1.54, 1.807) is 7.11 Å². The minimum Gasteiger partial charge on any atom is -0.497 e. The number of piperidine rings is 1. The number of aryl methyl sites for hydroxylation is 1. The summed E-state index contributed by atoms with van der Waals surface area (Å²) in [6.45, 7) is 8.01. The van der Waals surface area contributed by atoms with Gasteiger partial charge in [0.15, 0.2) is 5.78 Å². The Kier molecular flexibility index (Phi) is 6.18. The summed E-state index contributed by atoms with van der Waals surface area (Å²) in [5.74, 6) is 1.15. The Balaban J connectivity index is 1.46. The molecule has 1 atom stereocenters. The number of likely N-dealkylation sites (tertiary alicyclic amines) is 1. The third-order valence-corrected chi connectivity index (χ3v) is 6.24. The van der Waals surface area contributed by atoms with Crippen molar-refractivity contribution < 1.29 is 9.53 Å². The molecule has 0 amide bonds. The zero-order valence-electron chi connectivity index (χ0n) is 18.2. The van der Waals surface area contributed by atoms with Crippen LogP contribution in [0.3, 0.4) is 0 Å². The predicted molar refractivity (Wildman–Crippen MR) is 120 cm³/mol. The second kappa shape index (κ2) is 9.00. The van der Waals surface area contributed by atoms with E-state index in [2.05, 4.69) is 28.5 Å². The third kappa shape index (κ3) is 4.26. The molecule has 158 valence electrons. The summed E-state index contributed by atoms with van der Waals surface area (Å²) in [4.78, 5) is 15.7. The molecule has 0 N–H and O–H groups in total. The summed E-state index contributed by atoms with van der Waals surface area (Å²) < 4.78 is 7.39. The van der Waals surface area contributed by atoms with Gasteiger partial charge in [-0.2, -0.15) is 5.10 Å². The molecule has 30 heavy (non-hydrogen) atoms. The van der Waals surface area contributed by atoms with Crippen LogP contribution in [0.2, 0.25) is 0 Å². The smallest absolute Gasteiger partial charge is 0.167 e. The number of hydrogen-bond acceptors (Lipinski definition) is 4. The molecule has 5 heteroatoms. The van der Waals surface area contributed by atoms with Crippen LogP contribution in [0, 0.1) is 12.8 Å². The van der Waals surface area contributed by atoms with E-state index < -0.39 is 0 Å². The van der Waals surface area contributed by atoms with Crippen LogP contribution in [0.4, 0.5) is 0 Å². The molecular weight excluding hydrogens is 374 g/mol. The molecule has 1 aromatic heterocycles. The fraction of sp³-hybridized carbons (Fsp3) is 0.440. The summed E-state index contributed by atoms with van der Waals surface area (Å²) >= 11 is 0. The molecule has 5 nitrogen and oxygen atoms in total. The number of ether oxygens (including phenoxy) is 1. The molecule has 1 aliphatic heterocycles. The fourth-order valence-electron chi connectivity index (χ4n) is 4.47. The summed E-state index contributed by atoms with van der Waals surface area (Å²) in [6, 6.07) is 12.0. The highest BCUT2D eigenvalue weighted by Crippen LogP contribution is 2.26. The maximum absolute atomic E-state index is 13.3. The predicted octanol–water partition coefficient (Wildman–Crippen LogP) is 4.86. The second-order valence-electron chi connectivity index (χ2n) is 8.34. The lowest BCUT2D eigenvalue weighted by atomic mass is 9.89. The first-order valence-corrected chi connectivity index (χ1v) is 10.9. The lowest BCUT2D eigenvalue weighted by Gasteiger charge is -2.32. The van der Waals surface area contributed by atoms with Crippen LogP contribution in [-0.2, 0) is 13.1 Å². The monoisotopic (exact) mass is 405 g/mol. The van der Waals surface area contributed by atoms with Crippen molar-refractivity contribution in [3.63, 3.8) is 0 Å². The molecule has 0 aliphatic carbocycles. The first-order valence-electron chi connectivity index (χ1n) is 10.9. The van der Waals surface area contributed by atoms with Crippen LogP contribution in [0.5, 0.6) is 5.75 Å². The van der Waals surface area contributed by atoms with E-state index in [0.29, 0.717) is 0 Å². The second-order valence-corrected chi connectivity index (χ2v) is 8.34. The molecule has 1 saturated heterocycles. The van der Waals surface area contributed by atoms with Crippen LogP contribution in [0.25, 0.3) is 10.8 Å². The minimum atomic E-state index is 0.0560. The van der Waals surface area contributed by atoms with Crippen molar-refractivity contribution in [1.82, 2.24) is 14.7 Å². The van der Waals surface area contributed by atoms with E-state index in [1.807, 2.05) is 42.6 Å². The average Bonchev–Trinajstić information content (AvgIpc) is 3.12. The van der Waals surface area contributed by atoms with Crippen LogP contribution in [0.1, 0.15) is 47.8 Å². The summed E-state index contributed by atoms with van der Waals surface area (Å²) in [7, 11) is 1.67. The summed E-state index contributed by atoms with van der Waals surface area (Å²) in [6.07, 6.45) is 5.10. The van der Waals surface area contributed by atoms with Gasteiger partial charge in [0.1, 0.15) is 5.75 Å². The molecule has 1 aliphatic rings. The molecular formula is C25H31N3O2. The highest BCUT2D eigenvalue weighted by molar-refractivity contribution is 6.01. The van der Waals surface area contributed by atoms with Gasteiger partial charge in [-0.3, -0.25) is 14.4 Å². The first kappa shape index (κ1) is 20.6. The fourth-order valence-corrected chi connectivity index (χ4v) is 4.47. The van der Waals surface area contributed by atoms with E-state index in [0.717, 1.165) is 67.5 Å². The van der Waals surface area contributed by atoms with Crippen molar-refractivity contribution >= 4 is 16.6 Å². The number of nitrogens with zero attached hydrogens (tertiary/aromatic N) is 3. The molecule has 1 fully saturated rings. The summed E-state index contributed by atoms with van der Waals surface area (Å²) in [5, 5.41) is 6.70. The van der Waals surface area contributed by atoms with Crippen LogP contribution < -0.4 is 4.74 Å². The van der Waals surface area contributed by atoms with E-state index in [4.69, 9.17) is 4.74 Å². The number of carbonyl (C=O) groups is 1. The maximum Gasteiger partial charge on any atom is 0.167 e. The van der Waals surface area contributed by atoms with Crippen LogP contribution in [0.15, 0.2) is 42.6 Å². The minimum absolute atomic E-state index is 0.0560. The highest BCUT2D eigenvalue weighted by Gasteiger charge is 2.27. The molecule has 3 aromatic rings. The molecule has 0 spiro atoms. The van der Waals surface area contributed by atoms with E-state index in [-0.39, 0.29) is 11.7 Å². The van der Waals surface area contributed by atoms with Gasteiger partial charge in [0.05, 0.1) is 13.3 Å². The standard InChI is InChI=1S/C25H31N3O2/c1-4-11-28-18(2)23(15-26-28)17-27-12-5-6-22(16-27)25(29)21-8-7-20-14-24(30-3)10-9-19(20)13-21/h7-10,13-15,22H,4-6,11-12,16-17H2,1-3H3/t22-/m0/s1. The Morgan fingerprint density at radius 1 is 1.20 bits per heavy atom. The van der Waals surface area contributed by atoms with Crippen LogP contribution >= 0.6 is 0 Å². The van der Waals surface area contributed by atoms with E-state index in [9.17, 15) is 4.79 Å². The number of carbonyl (C=O) groups excluding carboxylic acids is 1. The quantitative estimate of drug-likeness (QED) is 0.527. The largest absolute Gasteiger partial charge is 0.497 e. The van der Waals surface area contributed by atoms with Gasteiger partial charge in [0.2, 0.25) is 0 Å². The van der Waals surface area contributed by atoms with E-state index in [1.165, 1.54) is 11.3 Å². The molecule has 4 rings (SSSR count). The lowest BCUT2D eigenvalue weighted by Crippen LogP contribution is -2.38. The number of benzene rings is 2. The maximum atomic E-state index is 13.3. The Bertz CT molecular complexity index is 1040. The normalized spacial score (nSPS) is 17.4. The lowest BCUT2D eigenvalue weighted by molar-refractivity contribution is 0.0811. The number of rotatable bonds is 7. The number of ketones is 1. The molecule has 0 radical (unpaired) electrons. The molecule has 2 heterocycles. The van der Waals surface area contributed by atoms with Gasteiger partial charge in [-0.05, 0) is 61.7 Å². The van der Waals surface area contributed by atoms with Gasteiger partial charge in [-0.15, -0.1) is 0 Å². The Labute approximate surface area is 178 Å². The summed E-state index contributed by atoms with van der Waals surface area (Å²) in [5.41, 5.74) is 3.33. The number of aromatic nitrogens is 2. The number of hydrogen-bond donors (Lipinski definition) is 0. The van der Waals surface area contributed by atoms with Crippen molar-refractivity contribution in [2.45, 2.75) is 46.2 Å². The van der Waals surface area contributed by atoms with Crippen molar-refractivity contribution in [3.05, 3.63) is 59.4 Å². The van der Waals surface area contributed by atoms with Crippen molar-refractivity contribution in [2.24, 2.45) is 5.92 Å². The number of fused-ring (bicyclic) bond motifs is 1. The third-order valence-electron chi connectivity index (χ3n) is 6.24. The van der Waals surface area contributed by atoms with Crippen molar-refractivity contribution in [1.29, 1.82) is 0 Å². The first-order chi connectivity index (χ1) is 14.6. The van der Waals surface area contributed by atoms with E-state index >= 15 is 0 Å². The SMILES string of the molecule is CCCn1ncc(CN2CCC[C@H](C(=O)c3ccc4cc(OC)ccc4c3)C2)c1C. The Hall–Kier alpha value is -2.66.